The first kappa shape index (κ1) is 22.8. The number of fused-ring (bicyclic) bond motifs is 1. The number of rotatable bonds is 7. The summed E-state index contributed by atoms with van der Waals surface area (Å²) < 4.78 is 44.4. The normalized spacial score (nSPS) is 12.8. The van der Waals surface area contributed by atoms with Crippen LogP contribution in [0.3, 0.4) is 0 Å². The molecule has 0 aliphatic carbocycles. The lowest BCUT2D eigenvalue weighted by molar-refractivity contribution is -0.138. The van der Waals surface area contributed by atoms with Crippen LogP contribution in [0, 0.1) is 6.92 Å². The molecule has 33 heavy (non-hydrogen) atoms. The van der Waals surface area contributed by atoms with Crippen molar-refractivity contribution in [2.75, 3.05) is 6.61 Å². The quantitative estimate of drug-likeness (QED) is 0.324. The molecule has 0 aliphatic heterocycles. The number of hydrogen-bond donors (Lipinski definition) is 2. The van der Waals surface area contributed by atoms with Gasteiger partial charge in [0, 0.05) is 39.5 Å². The maximum absolute atomic E-state index is 12.8. The van der Waals surface area contributed by atoms with Crippen LogP contribution in [-0.2, 0) is 17.4 Å². The van der Waals surface area contributed by atoms with Crippen LogP contribution in [0.25, 0.3) is 21.5 Å². The molecule has 4 aromatic rings. The van der Waals surface area contributed by atoms with Crippen molar-refractivity contribution in [3.63, 3.8) is 0 Å². The summed E-state index contributed by atoms with van der Waals surface area (Å²) in [5.41, 5.74) is 2.32. The van der Waals surface area contributed by atoms with Crippen LogP contribution in [-0.4, -0.2) is 27.7 Å². The van der Waals surface area contributed by atoms with Gasteiger partial charge in [0.25, 0.3) is 0 Å². The van der Waals surface area contributed by atoms with Gasteiger partial charge in [0.2, 0.25) is 0 Å². The minimum Gasteiger partial charge on any atom is -0.493 e. The lowest BCUT2D eigenvalue weighted by Crippen LogP contribution is -2.08. The molecule has 1 atom stereocenters. The maximum atomic E-state index is 12.8. The van der Waals surface area contributed by atoms with Crippen molar-refractivity contribution < 1.29 is 27.8 Å². The van der Waals surface area contributed by atoms with E-state index in [0.29, 0.717) is 28.5 Å². The summed E-state index contributed by atoms with van der Waals surface area (Å²) in [6.07, 6.45) is -2.73. The molecule has 9 heteroatoms. The Morgan fingerprint density at radius 3 is 2.61 bits per heavy atom. The number of carbonyl (C=O) groups is 1. The van der Waals surface area contributed by atoms with Crippen LogP contribution in [0.2, 0.25) is 0 Å². The standard InChI is InChI=1S/C24H21F3N2O3S/c1-13(12-32-18-7-8-19-16(9-21(30)31)11-28-20(19)10-18)22-14(2)33-23(29-22)15-3-5-17(6-4-15)24(25,26)27/h3-8,10-11,13,28H,9,12H2,1-2H3,(H,30,31)/t13-/m1/s1. The van der Waals surface area contributed by atoms with Crippen molar-refractivity contribution in [3.05, 3.63) is 70.4 Å². The number of alkyl halides is 3. The number of nitrogens with one attached hydrogen (secondary N) is 1. The van der Waals surface area contributed by atoms with Gasteiger partial charge in [0.05, 0.1) is 24.3 Å². The number of hydrogen-bond acceptors (Lipinski definition) is 4. The Morgan fingerprint density at radius 2 is 1.94 bits per heavy atom. The van der Waals surface area contributed by atoms with Crippen LogP contribution in [0.4, 0.5) is 13.2 Å². The summed E-state index contributed by atoms with van der Waals surface area (Å²) in [5.74, 6) is -0.278. The zero-order valence-corrected chi connectivity index (χ0v) is 18.7. The number of aryl methyl sites for hydroxylation is 1. The minimum atomic E-state index is -4.37. The molecule has 0 amide bonds. The SMILES string of the molecule is Cc1sc(-c2ccc(C(F)(F)F)cc2)nc1[C@H](C)COc1ccc2c(CC(=O)O)c[nH]c2c1. The van der Waals surface area contributed by atoms with Gasteiger partial charge in [-0.25, -0.2) is 4.98 Å². The number of ether oxygens (including phenoxy) is 1. The molecule has 0 bridgehead atoms. The summed E-state index contributed by atoms with van der Waals surface area (Å²) in [4.78, 5) is 19.7. The second kappa shape index (κ2) is 8.90. The second-order valence-electron chi connectivity index (χ2n) is 7.84. The molecule has 2 aromatic heterocycles. The number of halogens is 3. The molecule has 0 unspecified atom stereocenters. The fourth-order valence-electron chi connectivity index (χ4n) is 3.66. The average molecular weight is 475 g/mol. The molecule has 2 N–H and O–H groups in total. The molecule has 0 saturated heterocycles. The van der Waals surface area contributed by atoms with Crippen LogP contribution >= 0.6 is 11.3 Å². The second-order valence-corrected chi connectivity index (χ2v) is 9.04. The molecular formula is C24H21F3N2O3S. The first-order valence-electron chi connectivity index (χ1n) is 10.2. The summed E-state index contributed by atoms with van der Waals surface area (Å²) in [7, 11) is 0. The third kappa shape index (κ3) is 5.03. The smallest absolute Gasteiger partial charge is 0.416 e. The largest absolute Gasteiger partial charge is 0.493 e. The average Bonchev–Trinajstić information content (AvgIpc) is 3.34. The van der Waals surface area contributed by atoms with Crippen molar-refractivity contribution >= 4 is 28.2 Å². The zero-order valence-electron chi connectivity index (χ0n) is 17.9. The highest BCUT2D eigenvalue weighted by atomic mass is 32.1. The number of aromatic nitrogens is 2. The van der Waals surface area contributed by atoms with Gasteiger partial charge in [-0.2, -0.15) is 13.2 Å². The highest BCUT2D eigenvalue weighted by Crippen LogP contribution is 2.34. The number of aliphatic carboxylic acids is 1. The highest BCUT2D eigenvalue weighted by molar-refractivity contribution is 7.15. The number of carboxylic acids is 1. The Labute approximate surface area is 191 Å². The van der Waals surface area contributed by atoms with Crippen LogP contribution in [0.15, 0.2) is 48.7 Å². The molecule has 0 saturated carbocycles. The maximum Gasteiger partial charge on any atom is 0.416 e. The first-order valence-corrected chi connectivity index (χ1v) is 11.0. The third-order valence-electron chi connectivity index (χ3n) is 5.34. The van der Waals surface area contributed by atoms with E-state index in [-0.39, 0.29) is 12.3 Å². The molecule has 5 nitrogen and oxygen atoms in total. The van der Waals surface area contributed by atoms with Crippen LogP contribution in [0.1, 0.15) is 34.5 Å². The van der Waals surface area contributed by atoms with Gasteiger partial charge in [-0.05, 0) is 36.8 Å². The van der Waals surface area contributed by atoms with E-state index in [0.717, 1.165) is 33.6 Å². The van der Waals surface area contributed by atoms with Crippen molar-refractivity contribution in [2.24, 2.45) is 0 Å². The lowest BCUT2D eigenvalue weighted by Gasteiger charge is -2.12. The molecule has 2 aromatic carbocycles. The van der Waals surface area contributed by atoms with E-state index in [2.05, 4.69) is 9.97 Å². The highest BCUT2D eigenvalue weighted by Gasteiger charge is 2.30. The zero-order chi connectivity index (χ0) is 23.8. The fourth-order valence-corrected chi connectivity index (χ4v) is 4.69. The summed E-state index contributed by atoms with van der Waals surface area (Å²) in [6.45, 7) is 4.29. The van der Waals surface area contributed by atoms with Crippen LogP contribution in [0.5, 0.6) is 5.75 Å². The predicted molar refractivity (Wildman–Crippen MR) is 121 cm³/mol. The Bertz CT molecular complexity index is 1290. The first-order chi connectivity index (χ1) is 15.6. The molecular weight excluding hydrogens is 453 g/mol. The van der Waals surface area contributed by atoms with Crippen molar-refractivity contribution in [3.8, 4) is 16.3 Å². The van der Waals surface area contributed by atoms with Crippen molar-refractivity contribution in [1.29, 1.82) is 0 Å². The Hall–Kier alpha value is -3.33. The third-order valence-corrected chi connectivity index (χ3v) is 6.37. The number of aromatic amines is 1. The van der Waals surface area contributed by atoms with Crippen molar-refractivity contribution in [1.82, 2.24) is 9.97 Å². The molecule has 0 fully saturated rings. The van der Waals surface area contributed by atoms with Gasteiger partial charge in [-0.1, -0.05) is 19.1 Å². The Balaban J connectivity index is 1.45. The molecule has 0 spiro atoms. The summed E-state index contributed by atoms with van der Waals surface area (Å²) >= 11 is 1.44. The number of H-pyrrole nitrogens is 1. The lowest BCUT2D eigenvalue weighted by atomic mass is 10.1. The number of carboxylic acid groups (broad SMARTS) is 1. The van der Waals surface area contributed by atoms with Gasteiger partial charge in [-0.3, -0.25) is 4.79 Å². The van der Waals surface area contributed by atoms with Crippen molar-refractivity contribution in [2.45, 2.75) is 32.4 Å². The van der Waals surface area contributed by atoms with Gasteiger partial charge in [0.15, 0.2) is 0 Å². The fraction of sp³-hybridized carbons (Fsp3) is 0.250. The molecule has 2 heterocycles. The molecule has 4 rings (SSSR count). The summed E-state index contributed by atoms with van der Waals surface area (Å²) in [5, 5.41) is 10.5. The van der Waals surface area contributed by atoms with Crippen LogP contribution < -0.4 is 4.74 Å². The Kier molecular flexibility index (Phi) is 6.16. The topological polar surface area (TPSA) is 75.2 Å². The molecule has 172 valence electrons. The predicted octanol–water partition coefficient (Wildman–Crippen LogP) is 6.43. The summed E-state index contributed by atoms with van der Waals surface area (Å²) in [6, 6.07) is 10.5. The van der Waals surface area contributed by atoms with E-state index in [1.165, 1.54) is 23.5 Å². The van der Waals surface area contributed by atoms with Gasteiger partial charge >= 0.3 is 12.1 Å². The van der Waals surface area contributed by atoms with E-state index < -0.39 is 17.7 Å². The monoisotopic (exact) mass is 474 g/mol. The van der Waals surface area contributed by atoms with Gasteiger partial charge < -0.3 is 14.8 Å². The van der Waals surface area contributed by atoms with E-state index >= 15 is 0 Å². The minimum absolute atomic E-state index is 0.0358. The van der Waals surface area contributed by atoms with E-state index in [1.807, 2.05) is 26.0 Å². The van der Waals surface area contributed by atoms with E-state index in [9.17, 15) is 18.0 Å². The number of benzene rings is 2. The van der Waals surface area contributed by atoms with Gasteiger partial charge in [0.1, 0.15) is 10.8 Å². The Morgan fingerprint density at radius 1 is 1.21 bits per heavy atom. The molecule has 0 aliphatic rings. The van der Waals surface area contributed by atoms with E-state index in [1.54, 1.807) is 12.3 Å². The van der Waals surface area contributed by atoms with Gasteiger partial charge in [-0.15, -0.1) is 11.3 Å². The number of nitrogens with zero attached hydrogens (tertiary/aromatic N) is 1. The number of thiazole rings is 1. The van der Waals surface area contributed by atoms with E-state index in [4.69, 9.17) is 9.84 Å². The molecule has 0 radical (unpaired) electrons.